The van der Waals surface area contributed by atoms with Crippen LogP contribution in [0.5, 0.6) is 0 Å². The summed E-state index contributed by atoms with van der Waals surface area (Å²) in [6.45, 7) is 4.34. The number of ether oxygens (including phenoxy) is 1. The van der Waals surface area contributed by atoms with Gasteiger partial charge >= 0.3 is 0 Å². The fourth-order valence-corrected chi connectivity index (χ4v) is 0.985. The minimum absolute atomic E-state index is 0.0746. The van der Waals surface area contributed by atoms with E-state index < -0.39 is 0 Å². The lowest BCUT2D eigenvalue weighted by Gasteiger charge is -2.07. The number of rotatable bonds is 5. The molecule has 0 unspecified atom stereocenters. The lowest BCUT2D eigenvalue weighted by molar-refractivity contribution is -0.127. The summed E-state index contributed by atoms with van der Waals surface area (Å²) in [4.78, 5) is 15.3. The minimum atomic E-state index is -0.116. The molecule has 0 saturated carbocycles. The highest BCUT2D eigenvalue weighted by Crippen LogP contribution is 1.92. The van der Waals surface area contributed by atoms with Gasteiger partial charge in [0.05, 0.1) is 18.3 Å². The van der Waals surface area contributed by atoms with Gasteiger partial charge in [0.15, 0.2) is 0 Å². The number of carbonyl (C=O) groups is 1. The van der Waals surface area contributed by atoms with E-state index in [0.717, 1.165) is 5.69 Å². The summed E-state index contributed by atoms with van der Waals surface area (Å²) < 4.78 is 5.16. The zero-order valence-corrected chi connectivity index (χ0v) is 9.06. The second kappa shape index (κ2) is 6.14. The van der Waals surface area contributed by atoms with Crippen molar-refractivity contribution in [3.63, 3.8) is 0 Å². The molecule has 0 bridgehead atoms. The minimum Gasteiger partial charge on any atom is -0.369 e. The number of pyridine rings is 1. The van der Waals surface area contributed by atoms with Crippen molar-refractivity contribution in [2.45, 2.75) is 26.5 Å². The molecule has 0 atom stereocenters. The Bertz CT molecular complexity index is 299. The number of nitrogens with one attached hydrogen (secondary N) is 1. The fourth-order valence-electron chi connectivity index (χ4n) is 0.985. The Balaban J connectivity index is 2.23. The molecule has 4 nitrogen and oxygen atoms in total. The number of nitrogens with zero attached hydrogens (tertiary/aromatic N) is 1. The van der Waals surface area contributed by atoms with Crippen LogP contribution in [0.2, 0.25) is 0 Å². The molecule has 4 heteroatoms. The van der Waals surface area contributed by atoms with Crippen molar-refractivity contribution in [2.75, 3.05) is 6.61 Å². The largest absolute Gasteiger partial charge is 0.369 e. The number of amides is 1. The van der Waals surface area contributed by atoms with Gasteiger partial charge in [0.25, 0.3) is 0 Å². The summed E-state index contributed by atoms with van der Waals surface area (Å²) in [7, 11) is 0. The van der Waals surface area contributed by atoms with E-state index in [1.54, 1.807) is 6.20 Å². The van der Waals surface area contributed by atoms with Crippen LogP contribution in [-0.2, 0) is 16.1 Å². The fraction of sp³-hybridized carbons (Fsp3) is 0.455. The third kappa shape index (κ3) is 5.12. The molecule has 15 heavy (non-hydrogen) atoms. The average molecular weight is 208 g/mol. The van der Waals surface area contributed by atoms with Crippen molar-refractivity contribution in [1.29, 1.82) is 0 Å². The number of hydrogen-bond acceptors (Lipinski definition) is 3. The van der Waals surface area contributed by atoms with Crippen LogP contribution >= 0.6 is 0 Å². The number of hydrogen-bond donors (Lipinski definition) is 1. The summed E-state index contributed by atoms with van der Waals surface area (Å²) in [5.41, 5.74) is 0.843. The van der Waals surface area contributed by atoms with Gasteiger partial charge in [-0.15, -0.1) is 0 Å². The van der Waals surface area contributed by atoms with Crippen LogP contribution in [0.15, 0.2) is 24.4 Å². The van der Waals surface area contributed by atoms with Gasteiger partial charge in [0.1, 0.15) is 6.61 Å². The number of aromatic nitrogens is 1. The van der Waals surface area contributed by atoms with Crippen LogP contribution in [0.1, 0.15) is 19.5 Å². The van der Waals surface area contributed by atoms with Crippen LogP contribution in [0.25, 0.3) is 0 Å². The monoisotopic (exact) mass is 208 g/mol. The van der Waals surface area contributed by atoms with Crippen molar-refractivity contribution >= 4 is 5.91 Å². The first-order valence-corrected chi connectivity index (χ1v) is 4.96. The highest BCUT2D eigenvalue weighted by Gasteiger charge is 2.02. The molecule has 82 valence electrons. The molecule has 0 aromatic carbocycles. The predicted molar refractivity (Wildman–Crippen MR) is 57.2 cm³/mol. The SMILES string of the molecule is CC(C)OCC(=O)NCc1ccccn1. The first-order valence-electron chi connectivity index (χ1n) is 4.96. The quantitative estimate of drug-likeness (QED) is 0.789. The first kappa shape index (κ1) is 11.7. The van der Waals surface area contributed by atoms with E-state index in [-0.39, 0.29) is 18.6 Å². The summed E-state index contributed by atoms with van der Waals surface area (Å²) in [5.74, 6) is -0.116. The maximum Gasteiger partial charge on any atom is 0.246 e. The van der Waals surface area contributed by atoms with Crippen LogP contribution in [-0.4, -0.2) is 23.6 Å². The Labute approximate surface area is 89.7 Å². The van der Waals surface area contributed by atoms with E-state index in [2.05, 4.69) is 10.3 Å². The summed E-state index contributed by atoms with van der Waals surface area (Å²) >= 11 is 0. The zero-order chi connectivity index (χ0) is 11.1. The van der Waals surface area contributed by atoms with Crippen LogP contribution in [0.3, 0.4) is 0 Å². The maximum absolute atomic E-state index is 11.3. The first-order chi connectivity index (χ1) is 7.18. The molecule has 0 radical (unpaired) electrons. The van der Waals surface area contributed by atoms with Crippen molar-refractivity contribution in [3.05, 3.63) is 30.1 Å². The molecule has 1 aromatic rings. The molecule has 1 rings (SSSR count). The van der Waals surface area contributed by atoms with Crippen molar-refractivity contribution in [2.24, 2.45) is 0 Å². The highest BCUT2D eigenvalue weighted by molar-refractivity contribution is 5.77. The Morgan fingerprint density at radius 3 is 2.93 bits per heavy atom. The molecule has 1 aromatic heterocycles. The second-order valence-electron chi connectivity index (χ2n) is 3.46. The van der Waals surface area contributed by atoms with Gasteiger partial charge in [0, 0.05) is 6.20 Å². The van der Waals surface area contributed by atoms with Gasteiger partial charge < -0.3 is 10.1 Å². The van der Waals surface area contributed by atoms with Gasteiger partial charge in [-0.05, 0) is 26.0 Å². The molecular formula is C11H16N2O2. The summed E-state index contributed by atoms with van der Waals surface area (Å²) in [5, 5.41) is 2.73. The summed E-state index contributed by atoms with van der Waals surface area (Å²) in [6.07, 6.45) is 1.78. The van der Waals surface area contributed by atoms with Crippen LogP contribution in [0, 0.1) is 0 Å². The average Bonchev–Trinajstić information content (AvgIpc) is 2.25. The Morgan fingerprint density at radius 1 is 1.53 bits per heavy atom. The molecular weight excluding hydrogens is 192 g/mol. The Hall–Kier alpha value is -1.42. The molecule has 0 aliphatic rings. The van der Waals surface area contributed by atoms with Crippen molar-refractivity contribution in [3.8, 4) is 0 Å². The van der Waals surface area contributed by atoms with Crippen LogP contribution < -0.4 is 5.32 Å². The van der Waals surface area contributed by atoms with Crippen molar-refractivity contribution < 1.29 is 9.53 Å². The molecule has 1 N–H and O–H groups in total. The second-order valence-corrected chi connectivity index (χ2v) is 3.46. The Morgan fingerprint density at radius 2 is 2.33 bits per heavy atom. The van der Waals surface area contributed by atoms with Gasteiger partial charge in [-0.25, -0.2) is 0 Å². The third-order valence-corrected chi connectivity index (χ3v) is 1.74. The topological polar surface area (TPSA) is 51.2 Å². The van der Waals surface area contributed by atoms with E-state index in [4.69, 9.17) is 4.74 Å². The van der Waals surface area contributed by atoms with Crippen molar-refractivity contribution in [1.82, 2.24) is 10.3 Å². The van der Waals surface area contributed by atoms with Crippen LogP contribution in [0.4, 0.5) is 0 Å². The van der Waals surface area contributed by atoms with E-state index in [1.165, 1.54) is 0 Å². The van der Waals surface area contributed by atoms with E-state index in [9.17, 15) is 4.79 Å². The summed E-state index contributed by atoms with van der Waals surface area (Å²) in [6, 6.07) is 5.59. The normalized spacial score (nSPS) is 10.3. The zero-order valence-electron chi connectivity index (χ0n) is 9.06. The molecule has 0 aliphatic carbocycles. The van der Waals surface area contributed by atoms with Gasteiger partial charge in [0.2, 0.25) is 5.91 Å². The lowest BCUT2D eigenvalue weighted by atomic mass is 10.3. The van der Waals surface area contributed by atoms with Gasteiger partial charge in [-0.2, -0.15) is 0 Å². The van der Waals surface area contributed by atoms with E-state index in [0.29, 0.717) is 6.54 Å². The van der Waals surface area contributed by atoms with Gasteiger partial charge in [-0.3, -0.25) is 9.78 Å². The molecule has 0 saturated heterocycles. The third-order valence-electron chi connectivity index (χ3n) is 1.74. The molecule has 0 aliphatic heterocycles. The predicted octanol–water partition coefficient (Wildman–Crippen LogP) is 1.12. The smallest absolute Gasteiger partial charge is 0.246 e. The molecule has 0 fully saturated rings. The highest BCUT2D eigenvalue weighted by atomic mass is 16.5. The number of carbonyl (C=O) groups excluding carboxylic acids is 1. The van der Waals surface area contributed by atoms with Gasteiger partial charge in [-0.1, -0.05) is 6.07 Å². The molecule has 1 heterocycles. The van der Waals surface area contributed by atoms with E-state index in [1.807, 2.05) is 32.0 Å². The molecule has 1 amide bonds. The van der Waals surface area contributed by atoms with E-state index >= 15 is 0 Å². The standard InChI is InChI=1S/C11H16N2O2/c1-9(2)15-8-11(14)13-7-10-5-3-4-6-12-10/h3-6,9H,7-8H2,1-2H3,(H,13,14). The lowest BCUT2D eigenvalue weighted by Crippen LogP contribution is -2.28. The maximum atomic E-state index is 11.3. The Kier molecular flexibility index (Phi) is 4.77. The molecule has 0 spiro atoms.